The van der Waals surface area contributed by atoms with Crippen LogP contribution in [0.2, 0.25) is 0 Å². The van der Waals surface area contributed by atoms with Gasteiger partial charge in [0.1, 0.15) is 43.2 Å². The summed E-state index contributed by atoms with van der Waals surface area (Å²) in [4.78, 5) is 54.3. The lowest BCUT2D eigenvalue weighted by Gasteiger charge is -2.43. The van der Waals surface area contributed by atoms with Gasteiger partial charge in [-0.15, -0.1) is 0 Å². The van der Waals surface area contributed by atoms with Gasteiger partial charge in [-0.25, -0.2) is 9.13 Å². The monoisotopic (exact) mass is 1040 g/mol. The van der Waals surface area contributed by atoms with Gasteiger partial charge in [-0.3, -0.25) is 23.2 Å². The van der Waals surface area contributed by atoms with Crippen LogP contribution in [-0.4, -0.2) is 125 Å². The van der Waals surface area contributed by atoms with E-state index in [2.05, 4.69) is 60.1 Å². The van der Waals surface area contributed by atoms with Gasteiger partial charge in [0.2, 0.25) is 0 Å². The first-order chi connectivity index (χ1) is 33.9. The number of phosphoric ester groups is 2. The number of allylic oxidation sites excluding steroid dienone is 16. The van der Waals surface area contributed by atoms with E-state index in [1.54, 1.807) is 42.5 Å². The molecule has 18 nitrogen and oxygen atoms in total. The van der Waals surface area contributed by atoms with Gasteiger partial charge in [-0.05, 0) is 77.0 Å². The number of esters is 2. The van der Waals surface area contributed by atoms with Crippen LogP contribution in [0.15, 0.2) is 122 Å². The summed E-state index contributed by atoms with van der Waals surface area (Å²) in [6.45, 7) is 2.62. The smallest absolute Gasteiger partial charge is 0.462 e. The number of hydrogen-bond donors (Lipinski definition) is 9. The van der Waals surface area contributed by atoms with E-state index in [0.29, 0.717) is 32.1 Å². The molecule has 5 unspecified atom stereocenters. The van der Waals surface area contributed by atoms with Crippen LogP contribution in [0.25, 0.3) is 0 Å². The quantitative estimate of drug-likeness (QED) is 0.00954. The van der Waals surface area contributed by atoms with Crippen molar-refractivity contribution in [2.24, 2.45) is 0 Å². The number of phosphoric acid groups is 2. The van der Waals surface area contributed by atoms with Crippen LogP contribution in [0.4, 0.5) is 0 Å². The summed E-state index contributed by atoms with van der Waals surface area (Å²) in [7, 11) is -10.8. The third-order valence-electron chi connectivity index (χ3n) is 10.2. The van der Waals surface area contributed by atoms with E-state index in [0.717, 1.165) is 51.4 Å². The SMILES string of the molecule is CC/C=C\C/C=C\C/C=C\C/C=C\CCCCCCC(=O)O[C@H](COC(=O)CC/C=C\C/C=C\C[C@H](O)/C=C/C=C\C=C\[C@H](O)C/C=C\CC)COP(=O)(O)O[C@H]1C(O)C(O)C(O)[C@@H](OP(=O)(O)O)C1O. The molecule has 20 heteroatoms. The Morgan fingerprint density at radius 2 is 1.00 bits per heavy atom. The van der Waals surface area contributed by atoms with E-state index >= 15 is 0 Å². The normalized spacial score (nSPS) is 22.8. The Labute approximate surface area is 419 Å². The molecule has 402 valence electrons. The maximum Gasteiger partial charge on any atom is 0.472 e. The van der Waals surface area contributed by atoms with E-state index in [4.69, 9.17) is 18.5 Å². The summed E-state index contributed by atoms with van der Waals surface area (Å²) < 4.78 is 49.2. The number of hydrogen-bond acceptors (Lipinski definition) is 15. The average Bonchev–Trinajstić information content (AvgIpc) is 3.32. The lowest BCUT2D eigenvalue weighted by atomic mass is 9.85. The molecule has 1 saturated carbocycles. The number of carbonyl (C=O) groups is 2. The number of carbonyl (C=O) groups excluding carboxylic acids is 2. The second-order valence-electron chi connectivity index (χ2n) is 16.5. The topological polar surface area (TPSA) is 296 Å². The van der Waals surface area contributed by atoms with E-state index in [1.165, 1.54) is 0 Å². The molecule has 10 atom stereocenters. The fraction of sp³-hybridized carbons (Fsp3) is 0.569. The van der Waals surface area contributed by atoms with Gasteiger partial charge in [0, 0.05) is 12.8 Å². The summed E-state index contributed by atoms with van der Waals surface area (Å²) >= 11 is 0. The van der Waals surface area contributed by atoms with Crippen molar-refractivity contribution in [3.63, 3.8) is 0 Å². The molecule has 0 radical (unpaired) electrons. The molecular formula is C51H80O18P2. The van der Waals surface area contributed by atoms with Crippen molar-refractivity contribution >= 4 is 27.6 Å². The zero-order valence-electron chi connectivity index (χ0n) is 41.1. The lowest BCUT2D eigenvalue weighted by molar-refractivity contribution is -0.216. The summed E-state index contributed by atoms with van der Waals surface area (Å²) in [5, 5.41) is 61.3. The Kier molecular flexibility index (Phi) is 36.6. The largest absolute Gasteiger partial charge is 0.472 e. The Morgan fingerprint density at radius 1 is 0.521 bits per heavy atom. The van der Waals surface area contributed by atoms with Gasteiger partial charge in [0.05, 0.1) is 18.8 Å². The van der Waals surface area contributed by atoms with Crippen LogP contribution in [0.3, 0.4) is 0 Å². The fourth-order valence-electron chi connectivity index (χ4n) is 6.45. The number of aliphatic hydroxyl groups excluding tert-OH is 6. The fourth-order valence-corrected chi connectivity index (χ4v) is 7.99. The third-order valence-corrected chi connectivity index (χ3v) is 11.7. The minimum atomic E-state index is -5.40. The Hall–Kier alpha value is -3.68. The summed E-state index contributed by atoms with van der Waals surface area (Å²) in [6, 6.07) is 0. The summed E-state index contributed by atoms with van der Waals surface area (Å²) in [6.07, 6.45) is 32.2. The highest BCUT2D eigenvalue weighted by Crippen LogP contribution is 2.49. The van der Waals surface area contributed by atoms with Crippen molar-refractivity contribution in [1.29, 1.82) is 0 Å². The van der Waals surface area contributed by atoms with Crippen LogP contribution in [-0.2, 0) is 41.8 Å². The highest BCUT2D eigenvalue weighted by Gasteiger charge is 2.54. The lowest BCUT2D eigenvalue weighted by Crippen LogP contribution is -2.64. The van der Waals surface area contributed by atoms with Gasteiger partial charge < -0.3 is 54.8 Å². The maximum absolute atomic E-state index is 13.0. The average molecular weight is 1040 g/mol. The van der Waals surface area contributed by atoms with Gasteiger partial charge >= 0.3 is 27.6 Å². The number of unbranched alkanes of at least 4 members (excludes halogenated alkanes) is 4. The second kappa shape index (κ2) is 39.8. The van der Waals surface area contributed by atoms with Crippen molar-refractivity contribution in [3.8, 4) is 0 Å². The Balaban J connectivity index is 2.70. The second-order valence-corrected chi connectivity index (χ2v) is 19.1. The summed E-state index contributed by atoms with van der Waals surface area (Å²) in [5.41, 5.74) is 0. The molecule has 0 aliphatic heterocycles. The Morgan fingerprint density at radius 3 is 1.56 bits per heavy atom. The van der Waals surface area contributed by atoms with E-state index in [-0.39, 0.29) is 19.3 Å². The van der Waals surface area contributed by atoms with Gasteiger partial charge in [0.15, 0.2) is 6.10 Å². The molecule has 0 heterocycles. The first-order valence-corrected chi connectivity index (χ1v) is 27.3. The minimum absolute atomic E-state index is 0.0301. The van der Waals surface area contributed by atoms with Crippen molar-refractivity contribution in [3.05, 3.63) is 122 Å². The molecule has 1 aliphatic carbocycles. The van der Waals surface area contributed by atoms with Crippen molar-refractivity contribution in [2.75, 3.05) is 13.2 Å². The minimum Gasteiger partial charge on any atom is -0.462 e. The van der Waals surface area contributed by atoms with E-state index < -0.39 is 95.7 Å². The van der Waals surface area contributed by atoms with Crippen molar-refractivity contribution < 1.29 is 87.1 Å². The zero-order valence-corrected chi connectivity index (χ0v) is 42.9. The molecule has 1 aliphatic rings. The molecule has 0 amide bonds. The van der Waals surface area contributed by atoms with Crippen LogP contribution >= 0.6 is 15.6 Å². The third kappa shape index (κ3) is 34.4. The van der Waals surface area contributed by atoms with Gasteiger partial charge in [-0.2, -0.15) is 0 Å². The van der Waals surface area contributed by atoms with Crippen LogP contribution in [0.5, 0.6) is 0 Å². The molecule has 0 aromatic carbocycles. The highest BCUT2D eigenvalue weighted by atomic mass is 31.2. The maximum atomic E-state index is 13.0. The molecule has 0 aromatic rings. The standard InChI is InChI=1S/C51H80O18P2/c1-3-5-7-8-9-10-11-12-13-14-15-16-17-18-19-24-32-38-45(55)67-43(40-66-71(63,64)69-51-48(58)46(56)47(57)50(49(51)59)68-70(60,61)62)39-65-44(54)37-31-23-21-20-22-28-34-42(53)36-30-26-25-29-35-41(52)33-27-6-4-2/h5-7,9-10,12-13,15-16,21-23,25-30,35-36,41-43,46-53,56-59H,3-4,8,11,14,17-20,24,31-34,37-40H2,1-2H3,(H,63,64)(H2,60,61,62)/b7-5-,10-9-,13-12-,16-15-,23-21-,26-25-,27-6-,28-22-,35-29+,36-30+/t41-,42+,43-,46?,47?,48?,49?,50-,51+/m1/s1. The summed E-state index contributed by atoms with van der Waals surface area (Å²) in [5.74, 6) is -1.41. The van der Waals surface area contributed by atoms with Crippen LogP contribution in [0.1, 0.15) is 117 Å². The van der Waals surface area contributed by atoms with E-state index in [9.17, 15) is 64.0 Å². The van der Waals surface area contributed by atoms with Crippen LogP contribution in [0, 0.1) is 0 Å². The molecule has 1 rings (SSSR count). The first kappa shape index (κ1) is 65.3. The number of ether oxygens (including phenoxy) is 2. The van der Waals surface area contributed by atoms with Crippen molar-refractivity contribution in [2.45, 2.75) is 172 Å². The number of rotatable bonds is 38. The van der Waals surface area contributed by atoms with Gasteiger partial charge in [-0.1, -0.05) is 148 Å². The molecule has 0 spiro atoms. The van der Waals surface area contributed by atoms with Crippen molar-refractivity contribution in [1.82, 2.24) is 0 Å². The molecule has 71 heavy (non-hydrogen) atoms. The van der Waals surface area contributed by atoms with Gasteiger partial charge in [0.25, 0.3) is 0 Å². The number of aliphatic hydroxyl groups is 6. The molecule has 0 saturated heterocycles. The molecular weight excluding hydrogens is 962 g/mol. The first-order valence-electron chi connectivity index (χ1n) is 24.3. The van der Waals surface area contributed by atoms with Crippen LogP contribution < -0.4 is 0 Å². The Bertz CT molecular complexity index is 1860. The molecule has 0 bridgehead atoms. The van der Waals surface area contributed by atoms with E-state index in [1.807, 2.05) is 37.3 Å². The molecule has 0 aromatic heterocycles. The predicted octanol–water partition coefficient (Wildman–Crippen LogP) is 7.44. The zero-order chi connectivity index (χ0) is 52.8. The molecule has 9 N–H and O–H groups in total. The molecule has 1 fully saturated rings. The highest BCUT2D eigenvalue weighted by molar-refractivity contribution is 7.47. The predicted molar refractivity (Wildman–Crippen MR) is 271 cm³/mol.